The largest absolute Gasteiger partial charge is 0.493 e. The topological polar surface area (TPSA) is 61.5 Å². The maximum atomic E-state index is 11.5. The summed E-state index contributed by atoms with van der Waals surface area (Å²) in [6, 6.07) is 3.56. The van der Waals surface area contributed by atoms with Gasteiger partial charge in [-0.3, -0.25) is 0 Å². The van der Waals surface area contributed by atoms with E-state index >= 15 is 0 Å². The van der Waals surface area contributed by atoms with Gasteiger partial charge in [-0.1, -0.05) is 0 Å². The van der Waals surface area contributed by atoms with E-state index in [0.29, 0.717) is 12.2 Å². The Hall–Kier alpha value is -1.26. The third-order valence-electron chi connectivity index (χ3n) is 2.85. The standard InChI is InChI=1S/C12H15NO3.ClH/c1-7-5-11-9(10(13)3-4-16-11)6-8(7)12(14)15-2;/h5-6,10H,3-4,13H2,1-2H3;1H/t10-;/m1./s1. The Morgan fingerprint density at radius 1 is 1.53 bits per heavy atom. The maximum absolute atomic E-state index is 11.5. The van der Waals surface area contributed by atoms with E-state index in [1.54, 1.807) is 6.07 Å². The molecule has 4 nitrogen and oxygen atoms in total. The highest BCUT2D eigenvalue weighted by molar-refractivity contribution is 5.91. The normalized spacial score (nSPS) is 17.5. The summed E-state index contributed by atoms with van der Waals surface area (Å²) in [6.07, 6.45) is 0.774. The zero-order valence-corrected chi connectivity index (χ0v) is 10.7. The highest BCUT2D eigenvalue weighted by Crippen LogP contribution is 2.33. The molecule has 2 N–H and O–H groups in total. The smallest absolute Gasteiger partial charge is 0.338 e. The number of carbonyl (C=O) groups is 1. The number of rotatable bonds is 1. The number of hydrogen-bond acceptors (Lipinski definition) is 4. The highest BCUT2D eigenvalue weighted by atomic mass is 35.5. The van der Waals surface area contributed by atoms with Crippen LogP contribution in [0, 0.1) is 6.92 Å². The second-order valence-electron chi connectivity index (χ2n) is 3.94. The molecule has 1 aromatic rings. The van der Waals surface area contributed by atoms with E-state index in [2.05, 4.69) is 0 Å². The molecule has 94 valence electrons. The number of aryl methyl sites for hydroxylation is 1. The molecule has 1 aliphatic rings. The molecule has 0 aromatic heterocycles. The van der Waals surface area contributed by atoms with Crippen LogP contribution in [0.5, 0.6) is 5.75 Å². The second-order valence-corrected chi connectivity index (χ2v) is 3.94. The fraction of sp³-hybridized carbons (Fsp3) is 0.417. The number of nitrogens with two attached hydrogens (primary N) is 1. The lowest BCUT2D eigenvalue weighted by molar-refractivity contribution is 0.0599. The third kappa shape index (κ3) is 2.53. The van der Waals surface area contributed by atoms with Crippen LogP contribution in [-0.2, 0) is 4.74 Å². The number of methoxy groups -OCH3 is 1. The minimum atomic E-state index is -0.335. The summed E-state index contributed by atoms with van der Waals surface area (Å²) < 4.78 is 10.2. The monoisotopic (exact) mass is 257 g/mol. The number of fused-ring (bicyclic) bond motifs is 1. The molecule has 0 saturated carbocycles. The van der Waals surface area contributed by atoms with Crippen LogP contribution >= 0.6 is 12.4 Å². The predicted octanol–water partition coefficient (Wildman–Crippen LogP) is 1.99. The van der Waals surface area contributed by atoms with E-state index < -0.39 is 0 Å². The number of halogens is 1. The summed E-state index contributed by atoms with van der Waals surface area (Å²) in [6.45, 7) is 2.49. The Labute approximate surface area is 106 Å². The van der Waals surface area contributed by atoms with Gasteiger partial charge >= 0.3 is 5.97 Å². The third-order valence-corrected chi connectivity index (χ3v) is 2.85. The van der Waals surface area contributed by atoms with Crippen molar-refractivity contribution >= 4 is 18.4 Å². The van der Waals surface area contributed by atoms with Gasteiger partial charge in [-0.25, -0.2) is 4.79 Å². The maximum Gasteiger partial charge on any atom is 0.338 e. The van der Waals surface area contributed by atoms with Crippen LogP contribution in [0.15, 0.2) is 12.1 Å². The number of esters is 1. The van der Waals surface area contributed by atoms with Crippen LogP contribution in [0.2, 0.25) is 0 Å². The van der Waals surface area contributed by atoms with E-state index in [0.717, 1.165) is 23.3 Å². The number of ether oxygens (including phenoxy) is 2. The molecule has 0 amide bonds. The van der Waals surface area contributed by atoms with Crippen molar-refractivity contribution in [3.63, 3.8) is 0 Å². The Kier molecular flexibility index (Phi) is 4.37. The summed E-state index contributed by atoms with van der Waals surface area (Å²) >= 11 is 0. The van der Waals surface area contributed by atoms with Crippen molar-refractivity contribution in [1.29, 1.82) is 0 Å². The zero-order valence-electron chi connectivity index (χ0n) is 9.86. The first-order valence-electron chi connectivity index (χ1n) is 5.24. The Balaban J connectivity index is 0.00000144. The fourth-order valence-electron chi connectivity index (χ4n) is 1.89. The van der Waals surface area contributed by atoms with Gasteiger partial charge < -0.3 is 15.2 Å². The molecule has 1 atom stereocenters. The van der Waals surface area contributed by atoms with E-state index in [9.17, 15) is 4.79 Å². The molecule has 0 saturated heterocycles. The summed E-state index contributed by atoms with van der Waals surface area (Å²) in [7, 11) is 1.37. The summed E-state index contributed by atoms with van der Waals surface area (Å²) in [5.41, 5.74) is 8.27. The first kappa shape index (κ1) is 13.8. The Morgan fingerprint density at radius 2 is 2.24 bits per heavy atom. The molecule has 0 spiro atoms. The lowest BCUT2D eigenvalue weighted by atomic mass is 9.96. The van der Waals surface area contributed by atoms with Gasteiger partial charge in [-0.2, -0.15) is 0 Å². The van der Waals surface area contributed by atoms with Crippen molar-refractivity contribution in [2.75, 3.05) is 13.7 Å². The van der Waals surface area contributed by atoms with Crippen molar-refractivity contribution in [3.05, 3.63) is 28.8 Å². The molecule has 0 fully saturated rings. The van der Waals surface area contributed by atoms with Crippen LogP contribution in [0.3, 0.4) is 0 Å². The van der Waals surface area contributed by atoms with Crippen LogP contribution in [0.25, 0.3) is 0 Å². The number of benzene rings is 1. The van der Waals surface area contributed by atoms with Gasteiger partial charge in [-0.05, 0) is 24.6 Å². The van der Waals surface area contributed by atoms with Gasteiger partial charge in [0.25, 0.3) is 0 Å². The molecule has 17 heavy (non-hydrogen) atoms. The number of hydrogen-bond donors (Lipinski definition) is 1. The number of carbonyl (C=O) groups excluding carboxylic acids is 1. The molecule has 0 bridgehead atoms. The van der Waals surface area contributed by atoms with E-state index in [-0.39, 0.29) is 24.4 Å². The minimum Gasteiger partial charge on any atom is -0.493 e. The molecule has 0 unspecified atom stereocenters. The average Bonchev–Trinajstić information content (AvgIpc) is 2.28. The van der Waals surface area contributed by atoms with Crippen molar-refractivity contribution in [3.8, 4) is 5.75 Å². The lowest BCUT2D eigenvalue weighted by Crippen LogP contribution is -2.21. The van der Waals surface area contributed by atoms with Crippen molar-refractivity contribution in [2.45, 2.75) is 19.4 Å². The molecular weight excluding hydrogens is 242 g/mol. The highest BCUT2D eigenvalue weighted by Gasteiger charge is 2.21. The second kappa shape index (κ2) is 5.38. The Morgan fingerprint density at radius 3 is 2.88 bits per heavy atom. The molecule has 0 radical (unpaired) electrons. The van der Waals surface area contributed by atoms with Crippen LogP contribution in [-0.4, -0.2) is 19.7 Å². The molecule has 1 heterocycles. The summed E-state index contributed by atoms with van der Waals surface area (Å²) in [5, 5.41) is 0. The van der Waals surface area contributed by atoms with Gasteiger partial charge in [0, 0.05) is 18.0 Å². The van der Waals surface area contributed by atoms with Gasteiger partial charge in [0.1, 0.15) is 5.75 Å². The SMILES string of the molecule is COC(=O)c1cc2c(cc1C)OCC[C@H]2N.Cl. The molecule has 1 aliphatic heterocycles. The lowest BCUT2D eigenvalue weighted by Gasteiger charge is -2.24. The summed E-state index contributed by atoms with van der Waals surface area (Å²) in [5.74, 6) is 0.446. The fourth-order valence-corrected chi connectivity index (χ4v) is 1.89. The zero-order chi connectivity index (χ0) is 11.7. The van der Waals surface area contributed by atoms with Gasteiger partial charge in [0.15, 0.2) is 0 Å². The molecule has 0 aliphatic carbocycles. The molecule has 1 aromatic carbocycles. The predicted molar refractivity (Wildman–Crippen MR) is 66.8 cm³/mol. The van der Waals surface area contributed by atoms with Crippen LogP contribution < -0.4 is 10.5 Å². The quantitative estimate of drug-likeness (QED) is 0.782. The van der Waals surface area contributed by atoms with E-state index in [1.807, 2.05) is 13.0 Å². The van der Waals surface area contributed by atoms with Crippen molar-refractivity contribution in [1.82, 2.24) is 0 Å². The Bertz CT molecular complexity index is 434. The summed E-state index contributed by atoms with van der Waals surface area (Å²) in [4.78, 5) is 11.5. The molecular formula is C12H16ClNO3. The average molecular weight is 258 g/mol. The minimum absolute atomic E-state index is 0. The van der Waals surface area contributed by atoms with E-state index in [1.165, 1.54) is 7.11 Å². The first-order valence-corrected chi connectivity index (χ1v) is 5.24. The van der Waals surface area contributed by atoms with Crippen molar-refractivity contribution in [2.24, 2.45) is 5.73 Å². The van der Waals surface area contributed by atoms with E-state index in [4.69, 9.17) is 15.2 Å². The van der Waals surface area contributed by atoms with Crippen LogP contribution in [0.1, 0.15) is 33.9 Å². The molecule has 2 rings (SSSR count). The van der Waals surface area contributed by atoms with Gasteiger partial charge in [-0.15, -0.1) is 12.4 Å². The van der Waals surface area contributed by atoms with Crippen molar-refractivity contribution < 1.29 is 14.3 Å². The van der Waals surface area contributed by atoms with Gasteiger partial charge in [0.05, 0.1) is 19.3 Å². The molecule has 5 heteroatoms. The van der Waals surface area contributed by atoms with Gasteiger partial charge in [0.2, 0.25) is 0 Å². The van der Waals surface area contributed by atoms with Crippen LogP contribution in [0.4, 0.5) is 0 Å². The first-order chi connectivity index (χ1) is 7.63.